The van der Waals surface area contributed by atoms with E-state index < -0.39 is 43.5 Å². The molecule has 0 aromatic heterocycles. The molecule has 1 amide bonds. The zero-order valence-electron chi connectivity index (χ0n) is 40.1. The van der Waals surface area contributed by atoms with Crippen LogP contribution in [0.15, 0.2) is 169 Å². The summed E-state index contributed by atoms with van der Waals surface area (Å²) in [5.74, 6) is -1.46. The second-order valence-electron chi connectivity index (χ2n) is 15.8. The third kappa shape index (κ3) is 13.3. The third-order valence-corrected chi connectivity index (χ3v) is 13.7. The Hall–Kier alpha value is -6.41. The fourth-order valence-corrected chi connectivity index (χ4v) is 9.69. The van der Waals surface area contributed by atoms with Crippen LogP contribution in [0.3, 0.4) is 0 Å². The number of anilines is 1. The maximum atomic E-state index is 13.4. The van der Waals surface area contributed by atoms with Crippen molar-refractivity contribution < 1.29 is 55.5 Å². The summed E-state index contributed by atoms with van der Waals surface area (Å²) in [5, 5.41) is 59.0. The molecule has 0 saturated carbocycles. The summed E-state index contributed by atoms with van der Waals surface area (Å²) in [6, 6.07) is 34.9. The van der Waals surface area contributed by atoms with E-state index in [1.54, 1.807) is 111 Å². The molecule has 0 bridgehead atoms. The number of benzene rings is 8. The van der Waals surface area contributed by atoms with Crippen LogP contribution in [0.1, 0.15) is 40.9 Å². The number of carbonyl (C=O) groups excluding carboxylic acids is 1. The molecular weight excluding hydrogens is 1170 g/mol. The predicted molar refractivity (Wildman–Crippen MR) is 285 cm³/mol. The first-order valence-electron chi connectivity index (χ1n) is 22.0. The van der Waals surface area contributed by atoms with Gasteiger partial charge in [-0.15, -0.1) is 15.3 Å². The second kappa shape index (κ2) is 25.0. The van der Waals surface area contributed by atoms with E-state index >= 15 is 0 Å². The number of ether oxygens (including phenoxy) is 2. The Balaban J connectivity index is 0.000000241. The standard InChI is InChI=1S/2C26H22ClN3O6S.Ba/c2*1-3-18-22(37(33,34)35)12-11-21(27)23(18)29-30-24-19-10-5-4-7-15(19)13-20(25(24)31)26(32)28-16-8-6-9-17(14-16)36-2;/h2*4-14,31H,3H2,1-2H3,(H,28,32)(H,33,34,35);/q;;+2/p-2. The van der Waals surface area contributed by atoms with Crippen molar-refractivity contribution >= 4 is 160 Å². The Morgan fingerprint density at radius 2 is 1.08 bits per heavy atom. The van der Waals surface area contributed by atoms with E-state index in [0.29, 0.717) is 44.4 Å². The number of amides is 1. The van der Waals surface area contributed by atoms with Crippen LogP contribution in [0.2, 0.25) is 10.0 Å². The molecule has 8 aromatic carbocycles. The van der Waals surface area contributed by atoms with Gasteiger partial charge in [0.1, 0.15) is 28.6 Å². The summed E-state index contributed by atoms with van der Waals surface area (Å²) in [6.07, 6.45) is 0.340. The number of hydrogen-bond donors (Lipinski definition) is 4. The number of nitrogens with zero attached hydrogens (tertiary/aromatic N) is 5. The number of azo groups is 2. The summed E-state index contributed by atoms with van der Waals surface area (Å²) in [7, 11) is -6.09. The van der Waals surface area contributed by atoms with Crippen molar-refractivity contribution in [1.29, 1.82) is 0 Å². The molecule has 0 atom stereocenters. The molecule has 4 N–H and O–H groups in total. The topological polar surface area (TPSA) is 284 Å². The number of nitrogens with one attached hydrogen (secondary N) is 1. The Morgan fingerprint density at radius 3 is 1.60 bits per heavy atom. The van der Waals surface area contributed by atoms with Crippen LogP contribution in [0.5, 0.6) is 23.0 Å². The van der Waals surface area contributed by atoms with Crippen molar-refractivity contribution in [3.63, 3.8) is 0 Å². The molecule has 23 heteroatoms. The van der Waals surface area contributed by atoms with E-state index in [2.05, 4.69) is 30.8 Å². The molecule has 8 aromatic rings. The van der Waals surface area contributed by atoms with Gasteiger partial charge in [-0.25, -0.2) is 0 Å². The molecule has 0 aliphatic heterocycles. The maximum absolute atomic E-state index is 13.4. The van der Waals surface area contributed by atoms with Gasteiger partial charge in [-0.2, -0.15) is 21.9 Å². The van der Waals surface area contributed by atoms with Crippen molar-refractivity contribution in [3.8, 4) is 23.0 Å². The summed E-state index contributed by atoms with van der Waals surface area (Å²) in [4.78, 5) is 16.5. The van der Waals surface area contributed by atoms with Crippen LogP contribution in [0, 0.1) is 0 Å². The van der Waals surface area contributed by atoms with E-state index in [4.69, 9.17) is 32.7 Å². The van der Waals surface area contributed by atoms with Crippen LogP contribution in [-0.4, -0.2) is 106 Å². The summed E-state index contributed by atoms with van der Waals surface area (Å²) in [5.41, 5.74) is 0.651. The molecule has 0 aliphatic rings. The van der Waals surface area contributed by atoms with E-state index in [1.807, 2.05) is 0 Å². The maximum Gasteiger partial charge on any atom is 2.00 e. The first-order valence-corrected chi connectivity index (χ1v) is 25.7. The van der Waals surface area contributed by atoms with Gasteiger partial charge in [-0.05, 0) is 95.7 Å². The number of aromatic hydroxyl groups is 1. The van der Waals surface area contributed by atoms with Crippen LogP contribution in [0.4, 0.5) is 34.1 Å². The van der Waals surface area contributed by atoms with Crippen molar-refractivity contribution in [1.82, 2.24) is 0 Å². The van der Waals surface area contributed by atoms with Crippen molar-refractivity contribution in [2.75, 3.05) is 19.5 Å². The zero-order valence-corrected chi connectivity index (χ0v) is 47.7. The molecule has 0 fully saturated rings. The van der Waals surface area contributed by atoms with Gasteiger partial charge in [-0.3, -0.25) is 18.9 Å². The Labute approximate surface area is 481 Å². The number of fused-ring (bicyclic) bond motifs is 2. The van der Waals surface area contributed by atoms with E-state index in [0.717, 1.165) is 0 Å². The Kier molecular flexibility index (Phi) is 19.3. The fraction of sp³-hybridized carbons (Fsp3) is 0.115. The van der Waals surface area contributed by atoms with Crippen molar-refractivity contribution in [2.24, 2.45) is 25.4 Å². The minimum Gasteiger partial charge on any atom is -0.871 e. The third-order valence-electron chi connectivity index (χ3n) is 11.2. The normalized spacial score (nSPS) is 11.9. The fourth-order valence-electron chi connectivity index (χ4n) is 7.68. The van der Waals surface area contributed by atoms with Gasteiger partial charge >= 0.3 is 48.9 Å². The summed E-state index contributed by atoms with van der Waals surface area (Å²) >= 11 is 12.5. The number of halogens is 2. The van der Waals surface area contributed by atoms with E-state index in [9.17, 15) is 46.1 Å². The molecule has 0 heterocycles. The number of phenolic OH excluding ortho intramolecular Hbond substituents is 1. The SMILES string of the molecule is CCc1c(S(=O)(=O)O)ccc(Cl)c1N=Nc1c(O)c(C(=O)Nc2cccc(OC)c2)cc2ccccc12.CCc1c(S(=O)(=O)O)ccc(Cl)c1N=Nc1c([O-])c(C([O-])=Nc2cccc(OC)c2)cc2ccccc12.[Ba+2]. The first kappa shape index (κ1) is 57.9. The molecule has 380 valence electrons. The molecule has 0 radical (unpaired) electrons. The Bertz CT molecular complexity index is 3830. The van der Waals surface area contributed by atoms with Gasteiger partial charge in [-0.1, -0.05) is 103 Å². The number of rotatable bonds is 14. The summed E-state index contributed by atoms with van der Waals surface area (Å²) in [6.45, 7) is 3.34. The predicted octanol–water partition coefficient (Wildman–Crippen LogP) is 11.5. The molecule has 0 spiro atoms. The van der Waals surface area contributed by atoms with Gasteiger partial charge in [0.2, 0.25) is 0 Å². The first-order chi connectivity index (χ1) is 35.3. The van der Waals surface area contributed by atoms with Gasteiger partial charge in [0.05, 0.1) is 51.0 Å². The molecule has 0 saturated heterocycles. The Morgan fingerprint density at radius 1 is 0.613 bits per heavy atom. The van der Waals surface area contributed by atoms with Gasteiger partial charge in [0.15, 0.2) is 5.75 Å². The molecule has 0 unspecified atom stereocenters. The number of methoxy groups -OCH3 is 2. The number of phenols is 1. The van der Waals surface area contributed by atoms with Gasteiger partial charge < -0.3 is 30.1 Å². The monoisotopic (exact) mass is 1210 g/mol. The number of carbonyl (C=O) groups is 1. The van der Waals surface area contributed by atoms with Gasteiger partial charge in [0, 0.05) is 39.7 Å². The average Bonchev–Trinajstić information content (AvgIpc) is 3.37. The molecule has 75 heavy (non-hydrogen) atoms. The summed E-state index contributed by atoms with van der Waals surface area (Å²) < 4.78 is 76.8. The molecule has 18 nitrogen and oxygen atoms in total. The van der Waals surface area contributed by atoms with E-state index in [-0.39, 0.29) is 127 Å². The zero-order chi connectivity index (χ0) is 53.5. The van der Waals surface area contributed by atoms with Crippen LogP contribution in [0.25, 0.3) is 21.5 Å². The molecule has 8 rings (SSSR count). The minimum atomic E-state index is -4.55. The molecule has 0 aliphatic carbocycles. The van der Waals surface area contributed by atoms with Crippen LogP contribution >= 0.6 is 23.2 Å². The van der Waals surface area contributed by atoms with Crippen LogP contribution in [-0.2, 0) is 33.1 Å². The van der Waals surface area contributed by atoms with Crippen molar-refractivity contribution in [2.45, 2.75) is 36.5 Å². The van der Waals surface area contributed by atoms with Crippen molar-refractivity contribution in [3.05, 3.63) is 166 Å². The minimum absolute atomic E-state index is 0. The quantitative estimate of drug-likeness (QED) is 0.0260. The second-order valence-corrected chi connectivity index (χ2v) is 19.4. The number of aliphatic imine (C=N–C) groups is 1. The average molecular weight is 1220 g/mol. The van der Waals surface area contributed by atoms with E-state index in [1.165, 1.54) is 50.6 Å². The number of hydrogen-bond acceptors (Lipinski definition) is 15. The largest absolute Gasteiger partial charge is 2.00 e. The van der Waals surface area contributed by atoms with Crippen LogP contribution < -0.4 is 25.0 Å². The smallest absolute Gasteiger partial charge is 0.871 e. The van der Waals surface area contributed by atoms with Gasteiger partial charge in [0.25, 0.3) is 26.1 Å². The molecular formula is C52H42BaCl2N6O12S2.